The first-order chi connectivity index (χ1) is 17.6. The first kappa shape index (κ1) is 22.8. The summed E-state index contributed by atoms with van der Waals surface area (Å²) < 4.78 is 10.9. The third kappa shape index (κ3) is 4.88. The number of fused-ring (bicyclic) bond motifs is 2. The van der Waals surface area contributed by atoms with Gasteiger partial charge in [-0.15, -0.1) is 0 Å². The van der Waals surface area contributed by atoms with E-state index in [1.165, 1.54) is 24.0 Å². The van der Waals surface area contributed by atoms with Crippen molar-refractivity contribution >= 4 is 34.9 Å². The third-order valence-electron chi connectivity index (χ3n) is 6.96. The van der Waals surface area contributed by atoms with Crippen molar-refractivity contribution in [3.8, 4) is 11.5 Å². The fourth-order valence-electron chi connectivity index (χ4n) is 5.07. The van der Waals surface area contributed by atoms with Gasteiger partial charge in [0, 0.05) is 38.8 Å². The number of thiocarbonyl (C=S) groups is 1. The van der Waals surface area contributed by atoms with Crippen LogP contribution in [0.2, 0.25) is 0 Å². The number of piperidine rings is 1. The molecular formula is C27H30N6O2S. The van der Waals surface area contributed by atoms with Crippen LogP contribution in [0.15, 0.2) is 48.5 Å². The second-order valence-electron chi connectivity index (χ2n) is 9.72. The Labute approximate surface area is 216 Å². The average Bonchev–Trinajstić information content (AvgIpc) is 3.54. The van der Waals surface area contributed by atoms with Crippen molar-refractivity contribution in [1.82, 2.24) is 15.3 Å². The Morgan fingerprint density at radius 2 is 1.75 bits per heavy atom. The Morgan fingerprint density at radius 1 is 1.00 bits per heavy atom. The number of ether oxygens (including phenoxy) is 2. The number of rotatable bonds is 5. The van der Waals surface area contributed by atoms with Gasteiger partial charge in [-0.3, -0.25) is 0 Å². The van der Waals surface area contributed by atoms with Crippen LogP contribution in [0.5, 0.6) is 11.5 Å². The minimum absolute atomic E-state index is 0.264. The highest BCUT2D eigenvalue weighted by molar-refractivity contribution is 7.80. The van der Waals surface area contributed by atoms with E-state index in [0.717, 1.165) is 54.9 Å². The first-order valence-corrected chi connectivity index (χ1v) is 12.9. The van der Waals surface area contributed by atoms with Gasteiger partial charge in [-0.05, 0) is 59.8 Å². The number of benzene rings is 2. The van der Waals surface area contributed by atoms with Crippen molar-refractivity contribution in [3.05, 3.63) is 65.2 Å². The molecule has 186 valence electrons. The van der Waals surface area contributed by atoms with Crippen LogP contribution in [0.3, 0.4) is 0 Å². The summed E-state index contributed by atoms with van der Waals surface area (Å²) in [5.74, 6) is 4.55. The molecular weight excluding hydrogens is 472 g/mol. The second kappa shape index (κ2) is 9.81. The summed E-state index contributed by atoms with van der Waals surface area (Å²) in [6.07, 6.45) is 2.43. The van der Waals surface area contributed by atoms with Gasteiger partial charge in [0.15, 0.2) is 16.6 Å². The summed E-state index contributed by atoms with van der Waals surface area (Å²) in [6.45, 7) is 6.82. The predicted molar refractivity (Wildman–Crippen MR) is 145 cm³/mol. The van der Waals surface area contributed by atoms with Crippen molar-refractivity contribution in [2.45, 2.75) is 39.4 Å². The number of nitrogens with zero attached hydrogens (tertiary/aromatic N) is 4. The molecule has 8 nitrogen and oxygen atoms in total. The van der Waals surface area contributed by atoms with Gasteiger partial charge in [0.2, 0.25) is 12.7 Å². The fourth-order valence-corrected chi connectivity index (χ4v) is 5.24. The molecule has 3 aromatic rings. The zero-order valence-electron chi connectivity index (χ0n) is 20.4. The van der Waals surface area contributed by atoms with Crippen LogP contribution in [0, 0.1) is 5.92 Å². The van der Waals surface area contributed by atoms with Crippen molar-refractivity contribution in [1.29, 1.82) is 0 Å². The highest BCUT2D eigenvalue weighted by Crippen LogP contribution is 2.33. The van der Waals surface area contributed by atoms with Crippen molar-refractivity contribution in [2.75, 3.05) is 35.0 Å². The van der Waals surface area contributed by atoms with E-state index >= 15 is 0 Å². The van der Waals surface area contributed by atoms with Gasteiger partial charge in [-0.25, -0.2) is 0 Å². The summed E-state index contributed by atoms with van der Waals surface area (Å²) in [5.41, 5.74) is 3.75. The smallest absolute Gasteiger partial charge is 0.232 e. The monoisotopic (exact) mass is 502 g/mol. The van der Waals surface area contributed by atoms with Gasteiger partial charge in [0.25, 0.3) is 0 Å². The van der Waals surface area contributed by atoms with E-state index in [0.29, 0.717) is 23.5 Å². The average molecular weight is 503 g/mol. The summed E-state index contributed by atoms with van der Waals surface area (Å²) in [6, 6.07) is 16.6. The summed E-state index contributed by atoms with van der Waals surface area (Å²) in [4.78, 5) is 14.4. The largest absolute Gasteiger partial charge is 0.454 e. The number of nitrogens with one attached hydrogen (secondary N) is 2. The van der Waals surface area contributed by atoms with Crippen molar-refractivity contribution < 1.29 is 9.47 Å². The summed E-state index contributed by atoms with van der Waals surface area (Å²) in [7, 11) is 0. The molecule has 4 heterocycles. The van der Waals surface area contributed by atoms with Gasteiger partial charge >= 0.3 is 0 Å². The highest BCUT2D eigenvalue weighted by Gasteiger charge is 2.24. The Morgan fingerprint density at radius 3 is 2.53 bits per heavy atom. The minimum atomic E-state index is 0.264. The van der Waals surface area contributed by atoms with E-state index in [-0.39, 0.29) is 6.79 Å². The third-order valence-corrected chi connectivity index (χ3v) is 7.21. The standard InChI is InChI=1S/C27H30N6O2S/c1-18-5-4-10-32(14-18)24-12-25(33-15-20-6-2-3-7-21(20)16-33)30-26(29-24)31-27(36)28-13-19-8-9-22-23(11-19)35-17-34-22/h2-3,6-9,11-12,18H,4-5,10,13-17H2,1H3,(H2,28,29,30,31,36)/t18-/m1/s1. The molecule has 3 aliphatic heterocycles. The Bertz CT molecular complexity index is 1260. The normalized spacial score (nSPS) is 18.2. The Hall–Kier alpha value is -3.59. The molecule has 9 heteroatoms. The number of hydrogen-bond donors (Lipinski definition) is 2. The molecule has 2 N–H and O–H groups in total. The maximum atomic E-state index is 5.60. The predicted octanol–water partition coefficient (Wildman–Crippen LogP) is 4.45. The molecule has 2 aromatic carbocycles. The number of hydrogen-bond acceptors (Lipinski definition) is 7. The maximum Gasteiger partial charge on any atom is 0.232 e. The molecule has 0 aliphatic carbocycles. The maximum absolute atomic E-state index is 5.60. The molecule has 3 aliphatic rings. The molecule has 0 spiro atoms. The number of anilines is 3. The SMILES string of the molecule is C[C@@H]1CCCN(c2cc(N3Cc4ccccc4C3)nc(NC(=S)NCc3ccc4c(c3)OCO4)n2)C1. The molecule has 0 saturated carbocycles. The van der Waals surface area contributed by atoms with Crippen LogP contribution >= 0.6 is 12.2 Å². The molecule has 0 amide bonds. The summed E-state index contributed by atoms with van der Waals surface area (Å²) in [5, 5.41) is 6.97. The fraction of sp³-hybridized carbons (Fsp3) is 0.370. The molecule has 0 radical (unpaired) electrons. The van der Waals surface area contributed by atoms with Crippen LogP contribution < -0.4 is 29.9 Å². The van der Waals surface area contributed by atoms with E-state index < -0.39 is 0 Å². The lowest BCUT2D eigenvalue weighted by Gasteiger charge is -2.32. The van der Waals surface area contributed by atoms with Gasteiger partial charge in [0.05, 0.1) is 0 Å². The Balaban J connectivity index is 1.19. The van der Waals surface area contributed by atoms with Gasteiger partial charge in [-0.2, -0.15) is 9.97 Å². The topological polar surface area (TPSA) is 74.8 Å². The molecule has 1 aromatic heterocycles. The van der Waals surface area contributed by atoms with Crippen LogP contribution in [0.1, 0.15) is 36.5 Å². The van der Waals surface area contributed by atoms with E-state index in [1.807, 2.05) is 18.2 Å². The molecule has 6 rings (SSSR count). The van der Waals surface area contributed by atoms with E-state index in [4.69, 9.17) is 31.7 Å². The lowest BCUT2D eigenvalue weighted by Crippen LogP contribution is -2.35. The van der Waals surface area contributed by atoms with E-state index in [9.17, 15) is 0 Å². The van der Waals surface area contributed by atoms with Crippen LogP contribution in [-0.2, 0) is 19.6 Å². The lowest BCUT2D eigenvalue weighted by atomic mass is 10.0. The zero-order valence-corrected chi connectivity index (χ0v) is 21.2. The van der Waals surface area contributed by atoms with Crippen LogP contribution in [-0.4, -0.2) is 35.0 Å². The molecule has 36 heavy (non-hydrogen) atoms. The highest BCUT2D eigenvalue weighted by atomic mass is 32.1. The van der Waals surface area contributed by atoms with Crippen LogP contribution in [0.4, 0.5) is 17.6 Å². The molecule has 1 fully saturated rings. The van der Waals surface area contributed by atoms with Crippen molar-refractivity contribution in [2.24, 2.45) is 5.92 Å². The van der Waals surface area contributed by atoms with Gasteiger partial charge < -0.3 is 29.9 Å². The van der Waals surface area contributed by atoms with E-state index in [2.05, 4.69) is 57.7 Å². The molecule has 0 unspecified atom stereocenters. The lowest BCUT2D eigenvalue weighted by molar-refractivity contribution is 0.174. The first-order valence-electron chi connectivity index (χ1n) is 12.5. The molecule has 1 saturated heterocycles. The quantitative estimate of drug-likeness (QED) is 0.492. The second-order valence-corrected chi connectivity index (χ2v) is 10.1. The summed E-state index contributed by atoms with van der Waals surface area (Å²) >= 11 is 5.60. The number of aromatic nitrogens is 2. The minimum Gasteiger partial charge on any atom is -0.454 e. The Kier molecular flexibility index (Phi) is 6.23. The molecule has 0 bridgehead atoms. The molecule has 1 atom stereocenters. The van der Waals surface area contributed by atoms with Crippen molar-refractivity contribution in [3.63, 3.8) is 0 Å². The van der Waals surface area contributed by atoms with Gasteiger partial charge in [0.1, 0.15) is 11.6 Å². The van der Waals surface area contributed by atoms with Crippen LogP contribution in [0.25, 0.3) is 0 Å². The van der Waals surface area contributed by atoms with E-state index in [1.54, 1.807) is 0 Å². The van der Waals surface area contributed by atoms with Gasteiger partial charge in [-0.1, -0.05) is 37.3 Å². The zero-order chi connectivity index (χ0) is 24.5.